The fourth-order valence-electron chi connectivity index (χ4n) is 9.91. The summed E-state index contributed by atoms with van der Waals surface area (Å²) >= 11 is 0. The minimum Gasteiger partial charge on any atom is -0.497 e. The van der Waals surface area contributed by atoms with Gasteiger partial charge in [0.15, 0.2) is 0 Å². The molecule has 2 aromatic carbocycles. The molecule has 0 radical (unpaired) electrons. The molecule has 2 saturated carbocycles. The molecule has 5 atom stereocenters. The van der Waals surface area contributed by atoms with E-state index in [2.05, 4.69) is 10.0 Å². The molecule has 1 aromatic heterocycles. The van der Waals surface area contributed by atoms with Crippen molar-refractivity contribution in [3.8, 4) is 22.8 Å². The maximum absolute atomic E-state index is 15.1. The van der Waals surface area contributed by atoms with E-state index in [1.54, 1.807) is 16.9 Å². The van der Waals surface area contributed by atoms with Crippen LogP contribution >= 0.6 is 0 Å². The number of sulfonamides is 1. The smallest absolute Gasteiger partial charge is 0.320 e. The normalized spacial score (nSPS) is 26.4. The highest BCUT2D eigenvalue weighted by Gasteiger charge is 2.62. The van der Waals surface area contributed by atoms with Crippen molar-refractivity contribution in [3.63, 3.8) is 0 Å². The molecular formula is C48H59N7O9S. The number of rotatable bonds is 9. The lowest BCUT2D eigenvalue weighted by Crippen LogP contribution is -2.57. The van der Waals surface area contributed by atoms with Crippen LogP contribution in [0.25, 0.3) is 22.2 Å². The summed E-state index contributed by atoms with van der Waals surface area (Å²) < 4.78 is 40.6. The predicted octanol–water partition coefficient (Wildman–Crippen LogP) is 4.63. The minimum atomic E-state index is -3.92. The van der Waals surface area contributed by atoms with Crippen LogP contribution in [-0.2, 0) is 29.2 Å². The van der Waals surface area contributed by atoms with Gasteiger partial charge < -0.3 is 34.4 Å². The van der Waals surface area contributed by atoms with Crippen LogP contribution in [0.2, 0.25) is 0 Å². The highest BCUT2D eigenvalue weighted by molar-refractivity contribution is 7.91. The zero-order chi connectivity index (χ0) is 45.3. The average molecular weight is 910 g/mol. The molecule has 6 amide bonds. The molecule has 17 heteroatoms. The summed E-state index contributed by atoms with van der Waals surface area (Å²) in [5.41, 5.74) is 0.638. The number of allylic oxidation sites excluding steroid dienone is 1. The van der Waals surface area contributed by atoms with Crippen LogP contribution in [0.3, 0.4) is 0 Å². The number of pyridine rings is 1. The monoisotopic (exact) mass is 909 g/mol. The van der Waals surface area contributed by atoms with Gasteiger partial charge >= 0.3 is 6.03 Å². The molecule has 16 nitrogen and oxygen atoms in total. The number of methoxy groups -OCH3 is 1. The third kappa shape index (κ3) is 9.66. The number of amides is 6. The summed E-state index contributed by atoms with van der Waals surface area (Å²) in [6.07, 6.45) is 9.78. The Kier molecular flexibility index (Phi) is 12.8. The van der Waals surface area contributed by atoms with Gasteiger partial charge in [-0.05, 0) is 63.5 Å². The first kappa shape index (κ1) is 44.5. The maximum Gasteiger partial charge on any atom is 0.320 e. The zero-order valence-corrected chi connectivity index (χ0v) is 37.8. The van der Waals surface area contributed by atoms with E-state index in [9.17, 15) is 27.6 Å². The third-order valence-corrected chi connectivity index (χ3v) is 15.8. The van der Waals surface area contributed by atoms with Crippen LogP contribution in [0.5, 0.6) is 11.5 Å². The number of hydrogen-bond donors (Lipinski definition) is 2. The van der Waals surface area contributed by atoms with Crippen LogP contribution in [0.4, 0.5) is 4.79 Å². The zero-order valence-electron chi connectivity index (χ0n) is 37.0. The fourth-order valence-corrected chi connectivity index (χ4v) is 11.3. The van der Waals surface area contributed by atoms with Crippen molar-refractivity contribution in [1.29, 1.82) is 0 Å². The molecule has 9 rings (SSSR count). The number of nitrogens with one attached hydrogen (secondary N) is 2. The molecule has 4 aliphatic heterocycles. The van der Waals surface area contributed by atoms with Crippen LogP contribution in [0.15, 0.2) is 66.7 Å². The average Bonchev–Trinajstić information content (AvgIpc) is 4.18. The van der Waals surface area contributed by atoms with E-state index < -0.39 is 56.6 Å². The van der Waals surface area contributed by atoms with Crippen LogP contribution < -0.4 is 19.5 Å². The number of nitrogens with zero attached hydrogens (tertiary/aromatic N) is 5. The van der Waals surface area contributed by atoms with Crippen molar-refractivity contribution in [1.82, 2.24) is 34.6 Å². The van der Waals surface area contributed by atoms with E-state index in [4.69, 9.17) is 14.5 Å². The van der Waals surface area contributed by atoms with Crippen LogP contribution in [0, 0.1) is 11.8 Å². The molecule has 346 valence electrons. The van der Waals surface area contributed by atoms with Gasteiger partial charge in [-0.25, -0.2) is 18.2 Å². The van der Waals surface area contributed by atoms with Gasteiger partial charge in [0.25, 0.3) is 5.91 Å². The number of carbonyl (C=O) groups is 5. The Balaban J connectivity index is 1.000. The Labute approximate surface area is 380 Å². The molecule has 0 unspecified atom stereocenters. The van der Waals surface area contributed by atoms with Gasteiger partial charge in [-0.2, -0.15) is 0 Å². The van der Waals surface area contributed by atoms with Gasteiger partial charge in [0.1, 0.15) is 29.2 Å². The summed E-state index contributed by atoms with van der Waals surface area (Å²) in [6.45, 7) is 3.10. The number of urea groups is 1. The van der Waals surface area contributed by atoms with Crippen molar-refractivity contribution in [2.45, 2.75) is 100.0 Å². The quantitative estimate of drug-likeness (QED) is 0.287. The first-order valence-corrected chi connectivity index (χ1v) is 24.8. The van der Waals surface area contributed by atoms with Crippen molar-refractivity contribution in [3.05, 3.63) is 66.7 Å². The number of likely N-dealkylation sites (tertiary alicyclic amines) is 1. The number of benzene rings is 2. The number of hydrogen-bond acceptors (Lipinski definition) is 10. The molecule has 65 heavy (non-hydrogen) atoms. The second-order valence-electron chi connectivity index (χ2n) is 18.5. The molecular weight excluding hydrogens is 851 g/mol. The molecule has 6 aliphatic rings. The Morgan fingerprint density at radius 3 is 2.35 bits per heavy atom. The number of aromatic nitrogens is 1. The SMILES string of the molecule is COc1ccc2c(O[C@@H]3C[C@H]4C(=O)N[C@]5(C(=O)NS(=O)(=O)C6CC6)C[C@H]5C=CCCCCC[C@H](CC(=O)N5CCN(C(=O)N6CCCC6)CC5)C(=O)N4C3)cc(-c3ccccc3)nc2c1. The van der Waals surface area contributed by atoms with Crippen molar-refractivity contribution < 1.29 is 41.9 Å². The third-order valence-electron chi connectivity index (χ3n) is 14.0. The number of ether oxygens (including phenoxy) is 2. The second-order valence-corrected chi connectivity index (χ2v) is 20.5. The lowest BCUT2D eigenvalue weighted by molar-refractivity contribution is -0.146. The van der Waals surface area contributed by atoms with Crippen LogP contribution in [-0.4, -0.2) is 139 Å². The van der Waals surface area contributed by atoms with Gasteiger partial charge in [-0.1, -0.05) is 55.3 Å². The summed E-state index contributed by atoms with van der Waals surface area (Å²) in [5.74, 6) is -1.95. The largest absolute Gasteiger partial charge is 0.497 e. The molecule has 3 saturated heterocycles. The summed E-state index contributed by atoms with van der Waals surface area (Å²) in [7, 11) is -2.33. The molecule has 3 aromatic rings. The molecule has 2 N–H and O–H groups in total. The Bertz CT molecular complexity index is 2450. The Hall–Kier alpha value is -5.71. The van der Waals surface area contributed by atoms with E-state index in [-0.39, 0.29) is 43.7 Å². The molecule has 2 aliphatic carbocycles. The number of carbonyl (C=O) groups excluding carboxylic acids is 5. The topological polar surface area (TPSA) is 188 Å². The second kappa shape index (κ2) is 18.6. The minimum absolute atomic E-state index is 0.00804. The summed E-state index contributed by atoms with van der Waals surface area (Å²) in [5, 5.41) is 3.03. The first-order chi connectivity index (χ1) is 31.4. The maximum atomic E-state index is 15.1. The summed E-state index contributed by atoms with van der Waals surface area (Å²) in [4.78, 5) is 82.8. The van der Waals surface area contributed by atoms with Gasteiger partial charge in [0.2, 0.25) is 27.7 Å². The molecule has 5 heterocycles. The Morgan fingerprint density at radius 1 is 0.877 bits per heavy atom. The molecule has 0 bridgehead atoms. The highest BCUT2D eigenvalue weighted by atomic mass is 32.2. The lowest BCUT2D eigenvalue weighted by Gasteiger charge is -2.37. The van der Waals surface area contributed by atoms with Crippen molar-refractivity contribution >= 4 is 50.6 Å². The van der Waals surface area contributed by atoms with Gasteiger partial charge in [0.05, 0.1) is 30.1 Å². The van der Waals surface area contributed by atoms with E-state index in [0.717, 1.165) is 44.3 Å². The van der Waals surface area contributed by atoms with E-state index in [1.807, 2.05) is 71.6 Å². The Morgan fingerprint density at radius 2 is 1.62 bits per heavy atom. The standard InChI is InChI=1S/C48H59N7O9S/c1-63-35-16-19-38-40(27-35)49-39(32-12-7-5-8-13-32)29-42(38)64-36-28-41-44(57)50-48(46(59)51-65(61,62)37-17-18-37)30-34(48)15-9-4-2-3-6-14-33(45(58)55(41)31-36)26-43(56)52-22-24-54(25-23-52)47(60)53-20-10-11-21-53/h5,7-9,12-13,15-16,19,27,29,33-34,36-37,41H,2-4,6,10-11,14,17-18,20-26,28,30-31H2,1H3,(H,50,57)(H,51,59)/t33-,34-,36-,41+,48-/m1/s1. The number of fused-ring (bicyclic) bond motifs is 3. The lowest BCUT2D eigenvalue weighted by atomic mass is 9.94. The van der Waals surface area contributed by atoms with E-state index >= 15 is 4.79 Å². The van der Waals surface area contributed by atoms with Gasteiger partial charge in [0, 0.05) is 87.0 Å². The molecule has 5 fully saturated rings. The van der Waals surface area contributed by atoms with Gasteiger partial charge in [-0.15, -0.1) is 0 Å². The van der Waals surface area contributed by atoms with E-state index in [0.29, 0.717) is 86.4 Å². The fraction of sp³-hybridized carbons (Fsp3) is 0.542. The van der Waals surface area contributed by atoms with Crippen LogP contribution in [0.1, 0.15) is 77.0 Å². The van der Waals surface area contributed by atoms with Crippen molar-refractivity contribution in [2.75, 3.05) is 52.9 Å². The first-order valence-electron chi connectivity index (χ1n) is 23.3. The predicted molar refractivity (Wildman–Crippen MR) is 242 cm³/mol. The highest BCUT2D eigenvalue weighted by Crippen LogP contribution is 2.46. The molecule has 0 spiro atoms. The van der Waals surface area contributed by atoms with E-state index in [1.165, 1.54) is 4.90 Å². The number of piperazine rings is 1. The van der Waals surface area contributed by atoms with Gasteiger partial charge in [-0.3, -0.25) is 23.9 Å². The van der Waals surface area contributed by atoms with Crippen molar-refractivity contribution in [2.24, 2.45) is 11.8 Å². The summed E-state index contributed by atoms with van der Waals surface area (Å²) in [6, 6.07) is 15.9.